The largest absolute Gasteiger partial charge is 0.416 e. The number of H-pyrrole nitrogens is 1. The highest BCUT2D eigenvalue weighted by atomic mass is 19.4. The van der Waals surface area contributed by atoms with Crippen LogP contribution in [0.3, 0.4) is 0 Å². The molecule has 4 N–H and O–H groups in total. The lowest BCUT2D eigenvalue weighted by atomic mass is 10.0. The van der Waals surface area contributed by atoms with Gasteiger partial charge in [-0.05, 0) is 48.0 Å². The van der Waals surface area contributed by atoms with E-state index in [1.165, 1.54) is 12.1 Å². The molecule has 1 aliphatic rings. The van der Waals surface area contributed by atoms with Crippen molar-refractivity contribution in [2.24, 2.45) is 0 Å². The summed E-state index contributed by atoms with van der Waals surface area (Å²) in [5, 5.41) is 10.1. The molecule has 2 heterocycles. The smallest absolute Gasteiger partial charge is 0.382 e. The summed E-state index contributed by atoms with van der Waals surface area (Å²) >= 11 is 0. The number of fused-ring (bicyclic) bond motifs is 1. The molecule has 10 heteroatoms. The lowest BCUT2D eigenvalue weighted by Gasteiger charge is -2.27. The van der Waals surface area contributed by atoms with Crippen LogP contribution in [0, 0.1) is 11.8 Å². The van der Waals surface area contributed by atoms with Gasteiger partial charge < -0.3 is 15.8 Å². The van der Waals surface area contributed by atoms with E-state index in [1.807, 2.05) is 23.1 Å². The van der Waals surface area contributed by atoms with E-state index < -0.39 is 17.6 Å². The lowest BCUT2D eigenvalue weighted by Crippen LogP contribution is -2.36. The first-order valence-corrected chi connectivity index (χ1v) is 11.9. The summed E-state index contributed by atoms with van der Waals surface area (Å²) in [6.07, 6.45) is -4.56. The van der Waals surface area contributed by atoms with Crippen LogP contribution in [-0.2, 0) is 17.5 Å². The highest BCUT2D eigenvalue weighted by Gasteiger charge is 2.34. The summed E-state index contributed by atoms with van der Waals surface area (Å²) in [5.74, 6) is 5.87. The molecule has 1 saturated heterocycles. The predicted octanol–water partition coefficient (Wildman–Crippen LogP) is 4.65. The number of nitrogens with two attached hydrogens (primary N) is 1. The maximum Gasteiger partial charge on any atom is 0.416 e. The summed E-state index contributed by atoms with van der Waals surface area (Å²) in [4.78, 5) is 14.8. The Bertz CT molecular complexity index is 1550. The maximum absolute atomic E-state index is 13.8. The van der Waals surface area contributed by atoms with Crippen molar-refractivity contribution in [3.8, 4) is 11.8 Å². The fourth-order valence-corrected chi connectivity index (χ4v) is 4.34. The zero-order valence-corrected chi connectivity index (χ0v) is 20.2. The number of ether oxygens (including phenoxy) is 1. The Morgan fingerprint density at radius 1 is 1.08 bits per heavy atom. The third-order valence-corrected chi connectivity index (χ3v) is 6.25. The van der Waals surface area contributed by atoms with E-state index in [9.17, 15) is 18.0 Å². The fourth-order valence-electron chi connectivity index (χ4n) is 4.34. The van der Waals surface area contributed by atoms with Crippen molar-refractivity contribution in [2.75, 3.05) is 37.4 Å². The van der Waals surface area contributed by atoms with Crippen molar-refractivity contribution in [1.29, 1.82) is 0 Å². The van der Waals surface area contributed by atoms with Gasteiger partial charge in [0, 0.05) is 42.0 Å². The number of nitrogens with zero attached hydrogens (tertiary/aromatic N) is 2. The fraction of sp³-hybridized carbons (Fsp3) is 0.214. The van der Waals surface area contributed by atoms with Crippen LogP contribution in [-0.4, -0.2) is 47.3 Å². The summed E-state index contributed by atoms with van der Waals surface area (Å²) in [7, 11) is 0. The Morgan fingerprint density at radius 3 is 2.66 bits per heavy atom. The quantitative estimate of drug-likeness (QED) is 0.341. The molecule has 0 aliphatic carbocycles. The van der Waals surface area contributed by atoms with Crippen LogP contribution in [0.25, 0.3) is 10.9 Å². The van der Waals surface area contributed by atoms with Crippen molar-refractivity contribution in [1.82, 2.24) is 15.1 Å². The minimum absolute atomic E-state index is 0.0617. The van der Waals surface area contributed by atoms with Gasteiger partial charge in [-0.1, -0.05) is 30.0 Å². The molecule has 0 bridgehead atoms. The van der Waals surface area contributed by atoms with Gasteiger partial charge in [0.25, 0.3) is 5.91 Å². The molecular weight excluding hydrogens is 495 g/mol. The number of carbonyl (C=O) groups excluding carboxylic acids is 1. The Morgan fingerprint density at radius 2 is 1.87 bits per heavy atom. The van der Waals surface area contributed by atoms with Gasteiger partial charge in [-0.15, -0.1) is 0 Å². The molecular formula is C28H24F3N5O2. The second-order valence-corrected chi connectivity index (χ2v) is 8.88. The Kier molecular flexibility index (Phi) is 7.05. The molecule has 194 valence electrons. The number of anilines is 2. The molecule has 1 fully saturated rings. The number of benzene rings is 3. The van der Waals surface area contributed by atoms with E-state index in [4.69, 9.17) is 10.5 Å². The number of hydrogen-bond donors (Lipinski definition) is 3. The zero-order chi connectivity index (χ0) is 26.7. The van der Waals surface area contributed by atoms with Gasteiger partial charge in [-0.2, -0.15) is 18.3 Å². The van der Waals surface area contributed by atoms with Crippen LogP contribution < -0.4 is 11.1 Å². The minimum Gasteiger partial charge on any atom is -0.382 e. The molecule has 3 aromatic carbocycles. The predicted molar refractivity (Wildman–Crippen MR) is 138 cm³/mol. The number of amides is 1. The van der Waals surface area contributed by atoms with Gasteiger partial charge >= 0.3 is 6.18 Å². The van der Waals surface area contributed by atoms with Gasteiger partial charge in [0.2, 0.25) is 0 Å². The van der Waals surface area contributed by atoms with E-state index in [0.29, 0.717) is 48.6 Å². The molecule has 0 spiro atoms. The highest BCUT2D eigenvalue weighted by Crippen LogP contribution is 2.34. The van der Waals surface area contributed by atoms with Gasteiger partial charge in [0.05, 0.1) is 29.7 Å². The standard InChI is InChI=1S/C28H24F3N5O2/c29-28(30,31)23-16-22(10-9-21(23)17-36-11-13-38-14-12-36)33-27(37)20-5-1-3-18(15-20)7-8-19-4-2-6-24-25(19)26(32)35-34-24/h1-6,9-10,15-16H,11-14,17H2,(H,33,37)(H3,32,34,35). The number of rotatable bonds is 4. The lowest BCUT2D eigenvalue weighted by molar-refractivity contribution is -0.138. The highest BCUT2D eigenvalue weighted by molar-refractivity contribution is 6.04. The van der Waals surface area contributed by atoms with Gasteiger partial charge in [0.15, 0.2) is 5.82 Å². The average Bonchev–Trinajstić information content (AvgIpc) is 3.30. The van der Waals surface area contributed by atoms with Crippen molar-refractivity contribution in [3.05, 3.63) is 88.5 Å². The van der Waals surface area contributed by atoms with E-state index in [0.717, 1.165) is 11.6 Å². The van der Waals surface area contributed by atoms with Crippen molar-refractivity contribution in [3.63, 3.8) is 0 Å². The number of aromatic nitrogens is 2. The first kappa shape index (κ1) is 25.3. The van der Waals surface area contributed by atoms with Gasteiger partial charge in [-0.3, -0.25) is 14.8 Å². The molecule has 0 atom stereocenters. The molecule has 5 rings (SSSR count). The minimum atomic E-state index is -4.56. The van der Waals surface area contributed by atoms with Crippen LogP contribution in [0.5, 0.6) is 0 Å². The first-order chi connectivity index (χ1) is 18.3. The molecule has 7 nitrogen and oxygen atoms in total. The third-order valence-electron chi connectivity index (χ3n) is 6.25. The van der Waals surface area contributed by atoms with Crippen molar-refractivity contribution < 1.29 is 22.7 Å². The number of carbonyl (C=O) groups is 1. The molecule has 4 aromatic rings. The summed E-state index contributed by atoms with van der Waals surface area (Å²) in [6, 6.07) is 15.9. The molecule has 1 aliphatic heterocycles. The SMILES string of the molecule is Nc1n[nH]c2cccc(C#Cc3cccc(C(=O)Nc4ccc(CN5CCOCC5)c(C(F)(F)F)c4)c3)c12. The molecule has 1 amide bonds. The summed E-state index contributed by atoms with van der Waals surface area (Å²) < 4.78 is 46.8. The van der Waals surface area contributed by atoms with Crippen molar-refractivity contribution in [2.45, 2.75) is 12.7 Å². The molecule has 38 heavy (non-hydrogen) atoms. The summed E-state index contributed by atoms with van der Waals surface area (Å²) in [6.45, 7) is 2.28. The van der Waals surface area contributed by atoms with E-state index in [1.54, 1.807) is 24.3 Å². The van der Waals surface area contributed by atoms with Crippen LogP contribution in [0.1, 0.15) is 32.6 Å². The molecule has 0 radical (unpaired) electrons. The summed E-state index contributed by atoms with van der Waals surface area (Å²) in [5.41, 5.74) is 7.66. The average molecular weight is 520 g/mol. The normalized spacial score (nSPS) is 14.2. The number of hydrogen-bond acceptors (Lipinski definition) is 5. The van der Waals surface area contributed by atoms with Crippen LogP contribution in [0.15, 0.2) is 60.7 Å². The van der Waals surface area contributed by atoms with Crippen molar-refractivity contribution >= 4 is 28.3 Å². The Hall–Kier alpha value is -4.33. The third kappa shape index (κ3) is 5.64. The number of aromatic amines is 1. The number of alkyl halides is 3. The number of nitrogen functional groups attached to an aromatic ring is 1. The number of nitrogens with one attached hydrogen (secondary N) is 2. The second-order valence-electron chi connectivity index (χ2n) is 8.88. The maximum atomic E-state index is 13.8. The second kappa shape index (κ2) is 10.6. The molecule has 0 saturated carbocycles. The topological polar surface area (TPSA) is 96.3 Å². The molecule has 0 unspecified atom stereocenters. The number of morpholine rings is 1. The zero-order valence-electron chi connectivity index (χ0n) is 20.2. The van der Waals surface area contributed by atoms with E-state index in [-0.39, 0.29) is 23.4 Å². The van der Waals surface area contributed by atoms with E-state index >= 15 is 0 Å². The van der Waals surface area contributed by atoms with Crippen LogP contribution in [0.2, 0.25) is 0 Å². The molecule has 1 aromatic heterocycles. The van der Waals surface area contributed by atoms with Crippen LogP contribution >= 0.6 is 0 Å². The van der Waals surface area contributed by atoms with Crippen LogP contribution in [0.4, 0.5) is 24.7 Å². The Balaban J connectivity index is 1.35. The van der Waals surface area contributed by atoms with Gasteiger partial charge in [-0.25, -0.2) is 0 Å². The van der Waals surface area contributed by atoms with E-state index in [2.05, 4.69) is 27.4 Å². The monoisotopic (exact) mass is 519 g/mol. The Labute approximate surface area is 216 Å². The number of halogens is 3. The first-order valence-electron chi connectivity index (χ1n) is 11.9. The van der Waals surface area contributed by atoms with Gasteiger partial charge in [0.1, 0.15) is 0 Å².